The first-order chi connectivity index (χ1) is 7.74. The largest absolute Gasteiger partial charge is 0.294 e. The quantitative estimate of drug-likeness (QED) is 0.627. The number of aromatic nitrogens is 2. The van der Waals surface area contributed by atoms with Gasteiger partial charge in [0.05, 0.1) is 5.69 Å². The summed E-state index contributed by atoms with van der Waals surface area (Å²) in [6.45, 7) is 2.04. The van der Waals surface area contributed by atoms with Crippen LogP contribution in [0.1, 0.15) is 5.69 Å². The lowest BCUT2D eigenvalue weighted by atomic mass is 10.2. The van der Waals surface area contributed by atoms with Gasteiger partial charge in [0, 0.05) is 22.8 Å². The molecule has 0 saturated carbocycles. The van der Waals surface area contributed by atoms with Crippen LogP contribution >= 0.6 is 11.3 Å². The number of hydrogen-bond donors (Lipinski definition) is 0. The van der Waals surface area contributed by atoms with Gasteiger partial charge in [-0.15, -0.1) is 11.3 Å². The normalized spacial score (nSPS) is 11.1. The molecule has 80 valence electrons. The van der Waals surface area contributed by atoms with E-state index in [1.807, 2.05) is 17.5 Å². The van der Waals surface area contributed by atoms with Crippen LogP contribution in [0.2, 0.25) is 0 Å². The molecule has 3 aromatic rings. The first-order valence-electron chi connectivity index (χ1n) is 4.93. The highest BCUT2D eigenvalue weighted by atomic mass is 32.1. The molecule has 0 saturated heterocycles. The second kappa shape index (κ2) is 3.42. The van der Waals surface area contributed by atoms with Gasteiger partial charge in [-0.25, -0.2) is 9.37 Å². The number of fused-ring (bicyclic) bond motifs is 1. The van der Waals surface area contributed by atoms with E-state index in [2.05, 4.69) is 10.4 Å². The Balaban J connectivity index is 2.15. The van der Waals surface area contributed by atoms with Crippen molar-refractivity contribution in [2.75, 3.05) is 0 Å². The van der Waals surface area contributed by atoms with Crippen LogP contribution in [0, 0.1) is 12.7 Å². The van der Waals surface area contributed by atoms with E-state index in [1.165, 1.54) is 17.8 Å². The maximum absolute atomic E-state index is 12.8. The Morgan fingerprint density at radius 3 is 2.69 bits per heavy atom. The first kappa shape index (κ1) is 9.54. The lowest BCUT2D eigenvalue weighted by molar-refractivity contribution is 0.628. The van der Waals surface area contributed by atoms with Crippen molar-refractivity contribution in [1.82, 2.24) is 9.38 Å². The lowest BCUT2D eigenvalue weighted by Crippen LogP contribution is -1.79. The number of aryl methyl sites for hydroxylation is 1. The van der Waals surface area contributed by atoms with E-state index in [9.17, 15) is 4.39 Å². The predicted molar refractivity (Wildman–Crippen MR) is 63.2 cm³/mol. The van der Waals surface area contributed by atoms with Crippen LogP contribution in [0.3, 0.4) is 0 Å². The molecule has 0 bridgehead atoms. The third kappa shape index (κ3) is 1.42. The van der Waals surface area contributed by atoms with Gasteiger partial charge < -0.3 is 0 Å². The van der Waals surface area contributed by atoms with Crippen molar-refractivity contribution in [2.45, 2.75) is 6.92 Å². The summed E-state index contributed by atoms with van der Waals surface area (Å²) in [4.78, 5) is 5.46. The third-order valence-corrected chi connectivity index (χ3v) is 3.49. The van der Waals surface area contributed by atoms with E-state index in [0.29, 0.717) is 0 Å². The van der Waals surface area contributed by atoms with Gasteiger partial charge in [-0.1, -0.05) is 0 Å². The fourth-order valence-corrected chi connectivity index (χ4v) is 2.50. The number of halogens is 1. The number of hydrogen-bond acceptors (Lipinski definition) is 2. The van der Waals surface area contributed by atoms with Gasteiger partial charge in [0.25, 0.3) is 0 Å². The number of imidazole rings is 1. The zero-order valence-electron chi connectivity index (χ0n) is 8.64. The van der Waals surface area contributed by atoms with E-state index in [-0.39, 0.29) is 5.82 Å². The van der Waals surface area contributed by atoms with Gasteiger partial charge >= 0.3 is 0 Å². The van der Waals surface area contributed by atoms with Crippen molar-refractivity contribution in [3.63, 3.8) is 0 Å². The average Bonchev–Trinajstić information content (AvgIpc) is 2.83. The number of benzene rings is 1. The Hall–Kier alpha value is -1.68. The van der Waals surface area contributed by atoms with E-state index in [4.69, 9.17) is 0 Å². The molecule has 0 N–H and O–H groups in total. The van der Waals surface area contributed by atoms with E-state index in [0.717, 1.165) is 16.2 Å². The molecule has 2 aromatic heterocycles. The van der Waals surface area contributed by atoms with Crippen LogP contribution < -0.4 is 0 Å². The fraction of sp³-hybridized carbons (Fsp3) is 0.0833. The summed E-state index contributed by atoms with van der Waals surface area (Å²) in [6.07, 6.45) is 1.98. The summed E-state index contributed by atoms with van der Waals surface area (Å²) in [5, 5.41) is 2.07. The molecular formula is C12H9FN2S. The summed E-state index contributed by atoms with van der Waals surface area (Å²) < 4.78 is 14.8. The second-order valence-corrected chi connectivity index (χ2v) is 4.50. The smallest absolute Gasteiger partial charge is 0.194 e. The van der Waals surface area contributed by atoms with Gasteiger partial charge in [0.15, 0.2) is 4.96 Å². The molecule has 0 atom stereocenters. The molecule has 2 nitrogen and oxygen atoms in total. The van der Waals surface area contributed by atoms with Gasteiger partial charge in [-0.3, -0.25) is 4.40 Å². The molecule has 3 rings (SSSR count). The zero-order valence-corrected chi connectivity index (χ0v) is 9.46. The van der Waals surface area contributed by atoms with Crippen molar-refractivity contribution in [1.29, 1.82) is 0 Å². The first-order valence-corrected chi connectivity index (χ1v) is 5.81. The highest BCUT2D eigenvalue weighted by Gasteiger charge is 2.06. The molecular weight excluding hydrogens is 223 g/mol. The van der Waals surface area contributed by atoms with Crippen LogP contribution in [0.4, 0.5) is 4.39 Å². The number of thiazole rings is 1. The van der Waals surface area contributed by atoms with Crippen molar-refractivity contribution < 1.29 is 4.39 Å². The Morgan fingerprint density at radius 1 is 1.25 bits per heavy atom. The molecule has 1 aromatic carbocycles. The molecule has 0 spiro atoms. The Bertz CT molecular complexity index is 637. The summed E-state index contributed by atoms with van der Waals surface area (Å²) in [5.41, 5.74) is 2.99. The minimum atomic E-state index is -0.221. The van der Waals surface area contributed by atoms with Crippen LogP contribution in [0.25, 0.3) is 16.2 Å². The predicted octanol–water partition coefficient (Wildman–Crippen LogP) is 3.51. The minimum absolute atomic E-state index is 0.221. The van der Waals surface area contributed by atoms with Crippen molar-refractivity contribution in [3.05, 3.63) is 47.4 Å². The second-order valence-electron chi connectivity index (χ2n) is 3.66. The third-order valence-electron chi connectivity index (χ3n) is 2.53. The maximum atomic E-state index is 12.8. The summed E-state index contributed by atoms with van der Waals surface area (Å²) in [5.74, 6) is -0.221. The fourth-order valence-electron chi connectivity index (χ4n) is 1.65. The Kier molecular flexibility index (Phi) is 2.04. The number of rotatable bonds is 1. The van der Waals surface area contributed by atoms with E-state index in [1.54, 1.807) is 23.5 Å². The van der Waals surface area contributed by atoms with Crippen molar-refractivity contribution in [2.24, 2.45) is 0 Å². The molecule has 0 unspecified atom stereocenters. The standard InChI is InChI=1S/C12H9FN2S/c1-8-7-16-12-14-11(6-15(8)12)9-2-4-10(13)5-3-9/h2-7H,1H3. The zero-order chi connectivity index (χ0) is 11.1. The molecule has 0 aliphatic rings. The topological polar surface area (TPSA) is 17.3 Å². The van der Waals surface area contributed by atoms with Crippen LogP contribution in [0.5, 0.6) is 0 Å². The highest BCUT2D eigenvalue weighted by Crippen LogP contribution is 2.23. The molecule has 2 heterocycles. The van der Waals surface area contributed by atoms with Crippen LogP contribution in [-0.2, 0) is 0 Å². The Labute approximate surface area is 96.0 Å². The molecule has 0 aliphatic heterocycles. The minimum Gasteiger partial charge on any atom is -0.294 e. The SMILES string of the molecule is Cc1csc2nc(-c3ccc(F)cc3)cn12. The van der Waals surface area contributed by atoms with Gasteiger partial charge in [0.1, 0.15) is 5.82 Å². The summed E-state index contributed by atoms with van der Waals surface area (Å²) >= 11 is 1.61. The molecule has 16 heavy (non-hydrogen) atoms. The molecule has 0 amide bonds. The van der Waals surface area contributed by atoms with Crippen LogP contribution in [-0.4, -0.2) is 9.38 Å². The number of nitrogens with zero attached hydrogens (tertiary/aromatic N) is 2. The Morgan fingerprint density at radius 2 is 2.00 bits per heavy atom. The monoisotopic (exact) mass is 232 g/mol. The van der Waals surface area contributed by atoms with Gasteiger partial charge in [-0.2, -0.15) is 0 Å². The molecule has 0 fully saturated rings. The van der Waals surface area contributed by atoms with Gasteiger partial charge in [-0.05, 0) is 31.2 Å². The van der Waals surface area contributed by atoms with Crippen molar-refractivity contribution >= 4 is 16.3 Å². The van der Waals surface area contributed by atoms with E-state index >= 15 is 0 Å². The van der Waals surface area contributed by atoms with Crippen molar-refractivity contribution in [3.8, 4) is 11.3 Å². The molecule has 0 radical (unpaired) electrons. The lowest BCUT2D eigenvalue weighted by Gasteiger charge is -1.94. The van der Waals surface area contributed by atoms with Crippen LogP contribution in [0.15, 0.2) is 35.8 Å². The van der Waals surface area contributed by atoms with E-state index < -0.39 is 0 Å². The highest BCUT2D eigenvalue weighted by molar-refractivity contribution is 7.15. The molecule has 4 heteroatoms. The summed E-state index contributed by atoms with van der Waals surface area (Å²) in [7, 11) is 0. The van der Waals surface area contributed by atoms with Gasteiger partial charge in [0.2, 0.25) is 0 Å². The molecule has 0 aliphatic carbocycles. The summed E-state index contributed by atoms with van der Waals surface area (Å²) in [6, 6.07) is 6.40. The average molecular weight is 232 g/mol. The maximum Gasteiger partial charge on any atom is 0.194 e.